The van der Waals surface area contributed by atoms with Gasteiger partial charge < -0.3 is 30.2 Å². The number of hydrogen-bond donors (Lipinski definition) is 6. The average molecular weight is 372 g/mol. The molecule has 2 rings (SSSR count). The second-order valence-corrected chi connectivity index (χ2v) is 8.80. The van der Waals surface area contributed by atoms with Crippen molar-refractivity contribution in [2.75, 3.05) is 0 Å². The first-order chi connectivity index (χ1) is 11.1. The van der Waals surface area contributed by atoms with Crippen LogP contribution in [0, 0.1) is 0 Å². The Bertz CT molecular complexity index is 772. The third kappa shape index (κ3) is 4.98. The van der Waals surface area contributed by atoms with Crippen molar-refractivity contribution in [3.05, 3.63) is 53.6 Å². The predicted octanol–water partition coefficient (Wildman–Crippen LogP) is 2.05. The molecule has 9 heteroatoms. The Balaban J connectivity index is 2.29. The molecule has 0 radical (unpaired) electrons. The SMILES string of the molecule is O=P(O)(O)Sc1cccc(O)c1C(O)(O)CCc1cccc(O)c1. The summed E-state index contributed by atoms with van der Waals surface area (Å²) in [6, 6.07) is 10.1. The quantitative estimate of drug-likeness (QED) is 0.335. The molecular formula is C15H17O7PS. The summed E-state index contributed by atoms with van der Waals surface area (Å²) in [7, 11) is 0. The van der Waals surface area contributed by atoms with E-state index in [1.165, 1.54) is 30.3 Å². The summed E-state index contributed by atoms with van der Waals surface area (Å²) in [5, 5.41) is 40.0. The lowest BCUT2D eigenvalue weighted by Gasteiger charge is -2.25. The van der Waals surface area contributed by atoms with Gasteiger partial charge in [-0.3, -0.25) is 0 Å². The molecule has 0 atom stereocenters. The number of hydrogen-bond acceptors (Lipinski definition) is 6. The maximum atomic E-state index is 11.2. The molecule has 2 aromatic rings. The molecule has 0 saturated carbocycles. The van der Waals surface area contributed by atoms with E-state index >= 15 is 0 Å². The van der Waals surface area contributed by atoms with Crippen molar-refractivity contribution < 1.29 is 34.8 Å². The number of aryl methyl sites for hydroxylation is 1. The van der Waals surface area contributed by atoms with Crippen LogP contribution in [0.15, 0.2) is 47.4 Å². The van der Waals surface area contributed by atoms with E-state index in [0.717, 1.165) is 0 Å². The van der Waals surface area contributed by atoms with E-state index in [9.17, 15) is 25.0 Å². The van der Waals surface area contributed by atoms with Gasteiger partial charge in [0.25, 0.3) is 0 Å². The normalized spacial score (nSPS) is 12.3. The third-order valence-electron chi connectivity index (χ3n) is 3.29. The molecule has 0 fully saturated rings. The predicted molar refractivity (Wildman–Crippen MR) is 88.6 cm³/mol. The summed E-state index contributed by atoms with van der Waals surface area (Å²) < 4.78 is 11.2. The van der Waals surface area contributed by atoms with Gasteiger partial charge in [0.2, 0.25) is 0 Å². The lowest BCUT2D eigenvalue weighted by atomic mass is 9.97. The topological polar surface area (TPSA) is 138 Å². The molecule has 7 nitrogen and oxygen atoms in total. The second kappa shape index (κ2) is 7.14. The van der Waals surface area contributed by atoms with Crippen LogP contribution in [0.5, 0.6) is 11.5 Å². The Morgan fingerprint density at radius 2 is 1.71 bits per heavy atom. The second-order valence-electron chi connectivity index (χ2n) is 5.22. The zero-order valence-corrected chi connectivity index (χ0v) is 14.1. The van der Waals surface area contributed by atoms with E-state index in [2.05, 4.69) is 0 Å². The highest BCUT2D eigenvalue weighted by atomic mass is 32.7. The first-order valence-electron chi connectivity index (χ1n) is 6.89. The van der Waals surface area contributed by atoms with Gasteiger partial charge in [-0.05, 0) is 47.6 Å². The molecule has 0 aliphatic carbocycles. The maximum Gasteiger partial charge on any atom is 0.388 e. The summed E-state index contributed by atoms with van der Waals surface area (Å²) in [6.45, 7) is -4.54. The summed E-state index contributed by atoms with van der Waals surface area (Å²) in [6.07, 6.45) is -0.0848. The molecule has 24 heavy (non-hydrogen) atoms. The summed E-state index contributed by atoms with van der Waals surface area (Å²) >= 11 is 0.139. The van der Waals surface area contributed by atoms with Gasteiger partial charge in [-0.15, -0.1) is 0 Å². The molecule has 0 aliphatic rings. The van der Waals surface area contributed by atoms with Crippen molar-refractivity contribution in [2.24, 2.45) is 0 Å². The summed E-state index contributed by atoms with van der Waals surface area (Å²) in [4.78, 5) is 18.1. The Morgan fingerprint density at radius 3 is 2.33 bits per heavy atom. The molecule has 2 aromatic carbocycles. The van der Waals surface area contributed by atoms with Gasteiger partial charge in [0.05, 0.1) is 5.56 Å². The maximum absolute atomic E-state index is 11.2. The number of aliphatic hydroxyl groups is 2. The first-order valence-corrected chi connectivity index (χ1v) is 9.92. The van der Waals surface area contributed by atoms with Crippen molar-refractivity contribution in [1.29, 1.82) is 0 Å². The fourth-order valence-electron chi connectivity index (χ4n) is 2.28. The van der Waals surface area contributed by atoms with Crippen LogP contribution in [0.2, 0.25) is 0 Å². The van der Waals surface area contributed by atoms with E-state index in [-0.39, 0.29) is 40.4 Å². The Labute approximate surface area is 142 Å². The fraction of sp³-hybridized carbons (Fsp3) is 0.200. The largest absolute Gasteiger partial charge is 0.508 e. The lowest BCUT2D eigenvalue weighted by Crippen LogP contribution is -2.26. The zero-order chi connectivity index (χ0) is 18.0. The standard InChI is InChI=1S/C15H17O7PS/c16-11-4-1-3-10(9-11)7-8-15(18,19)14-12(17)5-2-6-13(14)24-23(20,21)22/h1-6,9,16-19H,7-8H2,(H2,20,21,22). The molecule has 0 spiro atoms. The molecule has 0 saturated heterocycles. The highest BCUT2D eigenvalue weighted by Crippen LogP contribution is 2.57. The third-order valence-corrected chi connectivity index (χ3v) is 5.37. The van der Waals surface area contributed by atoms with Gasteiger partial charge in [0, 0.05) is 11.3 Å². The Hall–Kier alpha value is -1.54. The van der Waals surface area contributed by atoms with E-state index in [0.29, 0.717) is 5.56 Å². The molecule has 0 amide bonds. The van der Waals surface area contributed by atoms with Gasteiger partial charge in [0.1, 0.15) is 11.5 Å². The van der Waals surface area contributed by atoms with Crippen LogP contribution in [-0.4, -0.2) is 30.2 Å². The molecule has 0 bridgehead atoms. The van der Waals surface area contributed by atoms with Crippen molar-refractivity contribution in [2.45, 2.75) is 23.5 Å². The molecule has 0 aromatic heterocycles. The highest BCUT2D eigenvalue weighted by molar-refractivity contribution is 8.54. The molecule has 0 aliphatic heterocycles. The molecular weight excluding hydrogens is 355 g/mol. The van der Waals surface area contributed by atoms with Crippen molar-refractivity contribution in [3.8, 4) is 11.5 Å². The van der Waals surface area contributed by atoms with Crippen LogP contribution < -0.4 is 0 Å². The number of phenolic OH excluding ortho intramolecular Hbond substituents is 2. The Morgan fingerprint density at radius 1 is 1.04 bits per heavy atom. The van der Waals surface area contributed by atoms with Gasteiger partial charge in [0.15, 0.2) is 5.79 Å². The smallest absolute Gasteiger partial charge is 0.388 e. The number of aromatic hydroxyl groups is 2. The molecule has 0 unspecified atom stereocenters. The van der Waals surface area contributed by atoms with Gasteiger partial charge in [-0.25, -0.2) is 4.57 Å². The fourth-order valence-corrected chi connectivity index (χ4v) is 4.26. The van der Waals surface area contributed by atoms with E-state index in [1.54, 1.807) is 12.1 Å². The average Bonchev–Trinajstić information content (AvgIpc) is 2.43. The van der Waals surface area contributed by atoms with Crippen LogP contribution >= 0.6 is 18.2 Å². The van der Waals surface area contributed by atoms with Crippen molar-refractivity contribution in [1.82, 2.24) is 0 Å². The minimum atomic E-state index is -4.54. The van der Waals surface area contributed by atoms with Gasteiger partial charge in [-0.2, -0.15) is 0 Å². The minimum absolute atomic E-state index is 0.0364. The van der Waals surface area contributed by atoms with Crippen LogP contribution in [0.25, 0.3) is 0 Å². The monoisotopic (exact) mass is 372 g/mol. The van der Waals surface area contributed by atoms with E-state index in [4.69, 9.17) is 9.79 Å². The van der Waals surface area contributed by atoms with Crippen LogP contribution in [0.1, 0.15) is 17.5 Å². The lowest BCUT2D eigenvalue weighted by molar-refractivity contribution is -0.176. The van der Waals surface area contributed by atoms with E-state index in [1.807, 2.05) is 0 Å². The van der Waals surface area contributed by atoms with Crippen molar-refractivity contribution in [3.63, 3.8) is 0 Å². The van der Waals surface area contributed by atoms with Gasteiger partial charge >= 0.3 is 6.80 Å². The first kappa shape index (κ1) is 18.8. The summed E-state index contributed by atoms with van der Waals surface area (Å²) in [5.74, 6) is -2.95. The zero-order valence-electron chi connectivity index (χ0n) is 12.4. The van der Waals surface area contributed by atoms with Crippen molar-refractivity contribution >= 4 is 18.2 Å². The molecule has 6 N–H and O–H groups in total. The number of phenols is 2. The number of benzene rings is 2. The Kier molecular flexibility index (Phi) is 5.59. The van der Waals surface area contributed by atoms with Crippen LogP contribution in [0.3, 0.4) is 0 Å². The molecule has 130 valence electrons. The van der Waals surface area contributed by atoms with E-state index < -0.39 is 18.3 Å². The highest BCUT2D eigenvalue weighted by Gasteiger charge is 2.34. The minimum Gasteiger partial charge on any atom is -0.508 e. The van der Waals surface area contributed by atoms with Crippen LogP contribution in [0.4, 0.5) is 0 Å². The summed E-state index contributed by atoms with van der Waals surface area (Å²) in [5.41, 5.74) is 0.278. The number of rotatable bonds is 6. The van der Waals surface area contributed by atoms with Gasteiger partial charge in [-0.1, -0.05) is 18.2 Å². The van der Waals surface area contributed by atoms with Crippen LogP contribution in [-0.2, 0) is 16.8 Å². The molecule has 0 heterocycles.